The van der Waals surface area contributed by atoms with Crippen molar-refractivity contribution in [3.8, 4) is 0 Å². The van der Waals surface area contributed by atoms with Gasteiger partial charge in [0.15, 0.2) is 0 Å². The zero-order chi connectivity index (χ0) is 38.2. The average molecular weight is 769 g/mol. The van der Waals surface area contributed by atoms with Crippen molar-refractivity contribution < 1.29 is 38.1 Å². The van der Waals surface area contributed by atoms with Gasteiger partial charge in [-0.25, -0.2) is 19.2 Å². The van der Waals surface area contributed by atoms with Gasteiger partial charge in [-0.15, -0.1) is 0 Å². The van der Waals surface area contributed by atoms with E-state index in [9.17, 15) is 19.2 Å². The van der Waals surface area contributed by atoms with Crippen LogP contribution in [0.15, 0.2) is 0 Å². The molecular weight excluding hydrogens is 706 g/mol. The lowest BCUT2D eigenvalue weighted by molar-refractivity contribution is 0.00501. The lowest BCUT2D eigenvalue weighted by Gasteiger charge is -2.19. The number of rotatable bonds is 17. The first-order chi connectivity index (χ1) is 23.3. The first kappa shape index (κ1) is 44.9. The number of hydrogen-bond donors (Lipinski definition) is 2. The minimum atomic E-state index is -0.595. The fourth-order valence-electron chi connectivity index (χ4n) is 5.29. The van der Waals surface area contributed by atoms with E-state index in [1.165, 1.54) is 0 Å². The summed E-state index contributed by atoms with van der Waals surface area (Å²) in [5.74, 6) is -1.68. The number of aromatic nitrogens is 2. The van der Waals surface area contributed by atoms with Crippen molar-refractivity contribution in [2.75, 3.05) is 38.2 Å². The second-order valence-corrected chi connectivity index (χ2v) is 14.8. The minimum absolute atomic E-state index is 0.298. The summed E-state index contributed by atoms with van der Waals surface area (Å²) in [6.07, 6.45) is 5.23. The SMILES string of the molecule is CCOC(=O)c1c(CCCCBr)[nH]c(C(=O)OC(C)(C)C)c1C.CCOC(=O)c1c(CCCCN(CC)CC)[nH]c(C(=O)OC(C)(C)C)c1C. The van der Waals surface area contributed by atoms with Crippen molar-refractivity contribution in [3.05, 3.63) is 45.0 Å². The maximum atomic E-state index is 12.5. The predicted molar refractivity (Wildman–Crippen MR) is 201 cm³/mol. The van der Waals surface area contributed by atoms with E-state index in [1.54, 1.807) is 27.7 Å². The normalized spacial score (nSPS) is 11.6. The predicted octanol–water partition coefficient (Wildman–Crippen LogP) is 8.29. The number of carbonyl (C=O) groups is 4. The molecule has 0 amide bonds. The summed E-state index contributed by atoms with van der Waals surface area (Å²) in [5, 5.41) is 0.903. The van der Waals surface area contributed by atoms with Crippen LogP contribution in [0.3, 0.4) is 0 Å². The van der Waals surface area contributed by atoms with Crippen LogP contribution >= 0.6 is 15.9 Å². The Morgan fingerprint density at radius 1 is 0.620 bits per heavy atom. The molecule has 0 unspecified atom stereocenters. The summed E-state index contributed by atoms with van der Waals surface area (Å²) >= 11 is 3.40. The zero-order valence-corrected chi connectivity index (χ0v) is 34.2. The minimum Gasteiger partial charge on any atom is -0.462 e. The summed E-state index contributed by atoms with van der Waals surface area (Å²) in [6.45, 7) is 26.0. The van der Waals surface area contributed by atoms with Crippen LogP contribution in [-0.4, -0.2) is 88.1 Å². The molecule has 2 heterocycles. The van der Waals surface area contributed by atoms with Crippen LogP contribution < -0.4 is 0 Å². The molecule has 2 N–H and O–H groups in total. The van der Waals surface area contributed by atoms with Crippen molar-refractivity contribution in [2.24, 2.45) is 0 Å². The monoisotopic (exact) mass is 767 g/mol. The number of H-pyrrole nitrogens is 2. The van der Waals surface area contributed by atoms with Crippen LogP contribution in [0.1, 0.15) is 159 Å². The van der Waals surface area contributed by atoms with E-state index in [4.69, 9.17) is 18.9 Å². The lowest BCUT2D eigenvalue weighted by atomic mass is 10.1. The van der Waals surface area contributed by atoms with E-state index >= 15 is 0 Å². The summed E-state index contributed by atoms with van der Waals surface area (Å²) in [6, 6.07) is 0. The Hall–Kier alpha value is -3.12. The van der Waals surface area contributed by atoms with E-state index in [1.807, 2.05) is 41.5 Å². The molecule has 0 saturated carbocycles. The molecule has 2 aromatic heterocycles. The highest BCUT2D eigenvalue weighted by Gasteiger charge is 2.29. The van der Waals surface area contributed by atoms with Gasteiger partial charge in [0.1, 0.15) is 22.6 Å². The van der Waals surface area contributed by atoms with Crippen LogP contribution in [0.5, 0.6) is 0 Å². The van der Waals surface area contributed by atoms with Crippen molar-refractivity contribution in [1.82, 2.24) is 14.9 Å². The number of carbonyl (C=O) groups excluding carboxylic acids is 4. The molecule has 0 aliphatic rings. The molecule has 2 rings (SSSR count). The maximum absolute atomic E-state index is 12.5. The molecule has 2 aromatic rings. The number of hydrogen-bond acceptors (Lipinski definition) is 9. The van der Waals surface area contributed by atoms with Crippen LogP contribution in [0.4, 0.5) is 0 Å². The van der Waals surface area contributed by atoms with E-state index in [2.05, 4.69) is 44.6 Å². The topological polar surface area (TPSA) is 140 Å². The molecule has 0 fully saturated rings. The number of nitrogens with one attached hydrogen (secondary N) is 2. The molecule has 0 radical (unpaired) electrons. The Kier molecular flexibility index (Phi) is 19.1. The van der Waals surface area contributed by atoms with Crippen LogP contribution in [-0.2, 0) is 31.8 Å². The first-order valence-electron chi connectivity index (χ1n) is 17.9. The first-order valence-corrected chi connectivity index (χ1v) is 19.0. The molecule has 0 spiro atoms. The molecule has 284 valence electrons. The fraction of sp³-hybridized carbons (Fsp3) is 0.684. The van der Waals surface area contributed by atoms with Crippen molar-refractivity contribution in [2.45, 2.75) is 133 Å². The Balaban J connectivity index is 0.000000506. The van der Waals surface area contributed by atoms with Crippen LogP contribution in [0.2, 0.25) is 0 Å². The number of unbranched alkanes of at least 4 members (excludes halogenated alkanes) is 2. The Morgan fingerprint density at radius 2 is 1.00 bits per heavy atom. The van der Waals surface area contributed by atoms with Crippen molar-refractivity contribution in [1.29, 1.82) is 0 Å². The van der Waals surface area contributed by atoms with Gasteiger partial charge in [-0.3, -0.25) is 0 Å². The van der Waals surface area contributed by atoms with E-state index in [0.717, 1.165) is 62.0 Å². The standard InChI is InChI=1S/C21H36N2O4.C17H26BrNO4/c1-8-23(9-2)14-12-11-13-16-17(19(24)26-10-3)15(4)18(22-16)20(25)27-21(5,6)7;1-6-22-15(20)13-11(2)14(16(21)23-17(3,4)5)19-12(13)9-7-8-10-18/h22H,8-14H2,1-7H3;19H,6-10H2,1-5H3. The molecule has 0 aromatic carbocycles. The Morgan fingerprint density at radius 3 is 1.32 bits per heavy atom. The van der Waals surface area contributed by atoms with Gasteiger partial charge in [0.2, 0.25) is 0 Å². The second-order valence-electron chi connectivity index (χ2n) is 14.0. The summed E-state index contributed by atoms with van der Waals surface area (Å²) in [5.41, 5.74) is 3.10. The highest BCUT2D eigenvalue weighted by atomic mass is 79.9. The molecule has 11 nitrogen and oxygen atoms in total. The van der Waals surface area contributed by atoms with Crippen LogP contribution in [0, 0.1) is 13.8 Å². The van der Waals surface area contributed by atoms with Crippen molar-refractivity contribution >= 4 is 39.8 Å². The van der Waals surface area contributed by atoms with E-state index in [-0.39, 0.29) is 5.97 Å². The number of aryl methyl sites for hydroxylation is 2. The van der Waals surface area contributed by atoms with Crippen molar-refractivity contribution in [3.63, 3.8) is 0 Å². The van der Waals surface area contributed by atoms with Gasteiger partial charge in [-0.05, 0) is 139 Å². The smallest absolute Gasteiger partial charge is 0.355 e. The molecular formula is C38H62BrN3O8. The largest absolute Gasteiger partial charge is 0.462 e. The number of nitrogens with zero attached hydrogens (tertiary/aromatic N) is 1. The number of ether oxygens (including phenoxy) is 4. The van der Waals surface area contributed by atoms with E-state index < -0.39 is 29.1 Å². The Labute approximate surface area is 308 Å². The highest BCUT2D eigenvalue weighted by Crippen LogP contribution is 2.25. The zero-order valence-electron chi connectivity index (χ0n) is 32.6. The van der Waals surface area contributed by atoms with Gasteiger partial charge in [0, 0.05) is 16.7 Å². The average Bonchev–Trinajstić information content (AvgIpc) is 3.52. The fourth-order valence-corrected chi connectivity index (χ4v) is 5.69. The van der Waals surface area contributed by atoms with Gasteiger partial charge < -0.3 is 33.8 Å². The number of halogens is 1. The van der Waals surface area contributed by atoms with Gasteiger partial charge in [0.25, 0.3) is 0 Å². The highest BCUT2D eigenvalue weighted by molar-refractivity contribution is 9.09. The van der Waals surface area contributed by atoms with Gasteiger partial charge in [-0.1, -0.05) is 29.8 Å². The number of esters is 4. The van der Waals surface area contributed by atoms with E-state index in [0.29, 0.717) is 59.7 Å². The molecule has 0 aliphatic carbocycles. The Bertz CT molecular complexity index is 1390. The molecule has 12 heteroatoms. The molecule has 0 saturated heterocycles. The third-order valence-electron chi connectivity index (χ3n) is 7.68. The molecule has 0 bridgehead atoms. The lowest BCUT2D eigenvalue weighted by Crippen LogP contribution is -2.24. The molecule has 0 atom stereocenters. The summed E-state index contributed by atoms with van der Waals surface area (Å²) in [4.78, 5) is 58.1. The molecule has 0 aliphatic heterocycles. The number of aromatic amines is 2. The summed E-state index contributed by atoms with van der Waals surface area (Å²) in [7, 11) is 0. The second kappa shape index (κ2) is 21.3. The van der Waals surface area contributed by atoms with Crippen LogP contribution in [0.25, 0.3) is 0 Å². The molecule has 50 heavy (non-hydrogen) atoms. The quantitative estimate of drug-likeness (QED) is 0.0704. The third-order valence-corrected chi connectivity index (χ3v) is 8.24. The number of alkyl halides is 1. The van der Waals surface area contributed by atoms with Gasteiger partial charge >= 0.3 is 23.9 Å². The third kappa shape index (κ3) is 14.6. The van der Waals surface area contributed by atoms with Gasteiger partial charge in [-0.2, -0.15) is 0 Å². The van der Waals surface area contributed by atoms with Gasteiger partial charge in [0.05, 0.1) is 24.3 Å². The maximum Gasteiger partial charge on any atom is 0.355 e. The summed E-state index contributed by atoms with van der Waals surface area (Å²) < 4.78 is 21.2.